The molecule has 5 nitrogen and oxygen atoms in total. The van der Waals surface area contributed by atoms with Gasteiger partial charge in [-0.1, -0.05) is 12.1 Å². The maximum Gasteiger partial charge on any atom is 0.224 e. The van der Waals surface area contributed by atoms with Crippen molar-refractivity contribution in [3.63, 3.8) is 0 Å². The fourth-order valence-electron chi connectivity index (χ4n) is 2.22. The van der Waals surface area contributed by atoms with Crippen LogP contribution < -0.4 is 19.5 Å². The van der Waals surface area contributed by atoms with Gasteiger partial charge in [0.1, 0.15) is 5.75 Å². The molecule has 0 spiro atoms. The normalized spacial score (nSPS) is 10.0. The highest BCUT2D eigenvalue weighted by Crippen LogP contribution is 2.29. The summed E-state index contributed by atoms with van der Waals surface area (Å²) < 4.78 is 15.6. The van der Waals surface area contributed by atoms with Gasteiger partial charge < -0.3 is 19.5 Å². The van der Waals surface area contributed by atoms with Gasteiger partial charge in [0.15, 0.2) is 11.5 Å². The summed E-state index contributed by atoms with van der Waals surface area (Å²) in [5.41, 5.74) is 1.74. The Labute approximate surface area is 136 Å². The molecule has 0 saturated heterocycles. The molecule has 0 aromatic heterocycles. The topological polar surface area (TPSA) is 56.8 Å². The number of nitrogens with one attached hydrogen (secondary N) is 1. The van der Waals surface area contributed by atoms with E-state index in [0.717, 1.165) is 11.3 Å². The van der Waals surface area contributed by atoms with Gasteiger partial charge in [-0.05, 0) is 36.2 Å². The van der Waals surface area contributed by atoms with Crippen LogP contribution in [0, 0.1) is 0 Å². The van der Waals surface area contributed by atoms with Crippen molar-refractivity contribution < 1.29 is 19.0 Å². The Morgan fingerprint density at radius 2 is 1.74 bits per heavy atom. The first-order chi connectivity index (χ1) is 11.2. The van der Waals surface area contributed by atoms with Crippen LogP contribution in [0.1, 0.15) is 12.0 Å². The fourth-order valence-corrected chi connectivity index (χ4v) is 2.22. The Morgan fingerprint density at radius 1 is 0.957 bits per heavy atom. The average Bonchev–Trinajstić information content (AvgIpc) is 2.60. The molecule has 0 aliphatic carbocycles. The van der Waals surface area contributed by atoms with Crippen molar-refractivity contribution in [1.29, 1.82) is 0 Å². The van der Waals surface area contributed by atoms with E-state index in [1.165, 1.54) is 0 Å². The maximum atomic E-state index is 12.1. The highest BCUT2D eigenvalue weighted by atomic mass is 16.5. The predicted octanol–water partition coefficient (Wildman–Crippen LogP) is 3.28. The number of hydrogen-bond acceptors (Lipinski definition) is 4. The molecule has 0 aliphatic rings. The van der Waals surface area contributed by atoms with Gasteiger partial charge in [-0.2, -0.15) is 0 Å². The van der Waals surface area contributed by atoms with Gasteiger partial charge in [0.05, 0.1) is 21.3 Å². The van der Waals surface area contributed by atoms with E-state index in [2.05, 4.69) is 5.32 Å². The lowest BCUT2D eigenvalue weighted by Crippen LogP contribution is -2.12. The molecule has 0 heterocycles. The van der Waals surface area contributed by atoms with Crippen LogP contribution >= 0.6 is 0 Å². The van der Waals surface area contributed by atoms with E-state index >= 15 is 0 Å². The van der Waals surface area contributed by atoms with Crippen molar-refractivity contribution in [3.05, 3.63) is 48.0 Å². The summed E-state index contributed by atoms with van der Waals surface area (Å²) in [5, 5.41) is 2.86. The molecule has 1 amide bonds. The van der Waals surface area contributed by atoms with Gasteiger partial charge in [0.25, 0.3) is 0 Å². The lowest BCUT2D eigenvalue weighted by atomic mass is 10.1. The Morgan fingerprint density at radius 3 is 2.43 bits per heavy atom. The lowest BCUT2D eigenvalue weighted by molar-refractivity contribution is -0.116. The van der Waals surface area contributed by atoms with E-state index in [1.54, 1.807) is 39.5 Å². The molecule has 122 valence electrons. The van der Waals surface area contributed by atoms with Crippen LogP contribution in [0.15, 0.2) is 42.5 Å². The Hall–Kier alpha value is -2.69. The molecule has 1 N–H and O–H groups in total. The summed E-state index contributed by atoms with van der Waals surface area (Å²) in [5.74, 6) is 1.95. The van der Waals surface area contributed by atoms with Gasteiger partial charge >= 0.3 is 0 Å². The molecule has 2 aromatic rings. The number of ether oxygens (including phenoxy) is 3. The molecule has 5 heteroatoms. The van der Waals surface area contributed by atoms with Gasteiger partial charge in [-0.25, -0.2) is 0 Å². The van der Waals surface area contributed by atoms with Crippen LogP contribution in [0.2, 0.25) is 0 Å². The molecule has 0 atom stereocenters. The zero-order valence-corrected chi connectivity index (χ0v) is 13.6. The molecule has 0 bridgehead atoms. The quantitative estimate of drug-likeness (QED) is 0.852. The van der Waals surface area contributed by atoms with Crippen LogP contribution in [0.4, 0.5) is 5.69 Å². The van der Waals surface area contributed by atoms with E-state index in [4.69, 9.17) is 14.2 Å². The van der Waals surface area contributed by atoms with Crippen LogP contribution in [-0.4, -0.2) is 27.2 Å². The second kappa shape index (κ2) is 8.08. The number of amides is 1. The van der Waals surface area contributed by atoms with Gasteiger partial charge in [0, 0.05) is 18.2 Å². The summed E-state index contributed by atoms with van der Waals surface area (Å²) in [6.45, 7) is 0. The van der Waals surface area contributed by atoms with Crippen LogP contribution in [0.5, 0.6) is 17.2 Å². The van der Waals surface area contributed by atoms with Gasteiger partial charge in [0.2, 0.25) is 5.91 Å². The number of carbonyl (C=O) groups excluding carboxylic acids is 1. The number of carbonyl (C=O) groups is 1. The van der Waals surface area contributed by atoms with Gasteiger partial charge in [-0.15, -0.1) is 0 Å². The zero-order valence-electron chi connectivity index (χ0n) is 13.6. The minimum absolute atomic E-state index is 0.0555. The Kier molecular flexibility index (Phi) is 5.86. The fraction of sp³-hybridized carbons (Fsp3) is 0.278. The molecule has 0 radical (unpaired) electrons. The molecule has 0 aliphatic heterocycles. The summed E-state index contributed by atoms with van der Waals surface area (Å²) in [4.78, 5) is 12.1. The molecular formula is C18H21NO4. The van der Waals surface area contributed by atoms with Crippen molar-refractivity contribution in [1.82, 2.24) is 0 Å². The monoisotopic (exact) mass is 315 g/mol. The third-order valence-corrected chi connectivity index (χ3v) is 3.44. The van der Waals surface area contributed by atoms with Crippen molar-refractivity contribution in [3.8, 4) is 17.2 Å². The van der Waals surface area contributed by atoms with Gasteiger partial charge in [-0.3, -0.25) is 4.79 Å². The minimum Gasteiger partial charge on any atom is -0.497 e. The molecule has 0 unspecified atom stereocenters. The largest absolute Gasteiger partial charge is 0.497 e. The zero-order chi connectivity index (χ0) is 16.7. The van der Waals surface area contributed by atoms with E-state index in [1.807, 2.05) is 24.3 Å². The molecule has 0 saturated carbocycles. The molecule has 2 rings (SSSR count). The minimum atomic E-state index is -0.0555. The summed E-state index contributed by atoms with van der Waals surface area (Å²) in [6, 6.07) is 13.0. The van der Waals surface area contributed by atoms with E-state index in [0.29, 0.717) is 30.0 Å². The van der Waals surface area contributed by atoms with E-state index < -0.39 is 0 Å². The number of aryl methyl sites for hydroxylation is 1. The summed E-state index contributed by atoms with van der Waals surface area (Å²) in [7, 11) is 4.76. The van der Waals surface area contributed by atoms with Crippen molar-refractivity contribution >= 4 is 11.6 Å². The second-order valence-electron chi connectivity index (χ2n) is 4.97. The van der Waals surface area contributed by atoms with Crippen molar-refractivity contribution in [2.45, 2.75) is 12.8 Å². The predicted molar refractivity (Wildman–Crippen MR) is 89.5 cm³/mol. The van der Waals surface area contributed by atoms with Crippen molar-refractivity contribution in [2.75, 3.05) is 26.6 Å². The third kappa shape index (κ3) is 4.64. The number of methoxy groups -OCH3 is 3. The van der Waals surface area contributed by atoms with E-state index in [-0.39, 0.29) is 5.91 Å². The smallest absolute Gasteiger partial charge is 0.224 e. The van der Waals surface area contributed by atoms with Crippen molar-refractivity contribution in [2.24, 2.45) is 0 Å². The van der Waals surface area contributed by atoms with Crippen LogP contribution in [0.25, 0.3) is 0 Å². The first kappa shape index (κ1) is 16.7. The lowest BCUT2D eigenvalue weighted by Gasteiger charge is -2.10. The first-order valence-electron chi connectivity index (χ1n) is 7.31. The van der Waals surface area contributed by atoms with Crippen LogP contribution in [0.3, 0.4) is 0 Å². The Bertz CT molecular complexity index is 670. The summed E-state index contributed by atoms with van der Waals surface area (Å²) >= 11 is 0. The molecular weight excluding hydrogens is 294 g/mol. The van der Waals surface area contributed by atoms with E-state index in [9.17, 15) is 4.79 Å². The highest BCUT2D eigenvalue weighted by molar-refractivity contribution is 5.91. The third-order valence-electron chi connectivity index (χ3n) is 3.44. The standard InChI is InChI=1S/C18H21NO4/c1-21-15-6-4-5-13(11-15)7-10-18(20)19-14-8-9-16(22-2)17(12-14)23-3/h4-6,8-9,11-12H,7,10H2,1-3H3,(H,19,20). The number of anilines is 1. The number of benzene rings is 2. The molecule has 0 fully saturated rings. The number of rotatable bonds is 7. The second-order valence-corrected chi connectivity index (χ2v) is 4.97. The SMILES string of the molecule is COc1cccc(CCC(=O)Nc2ccc(OC)c(OC)c2)c1. The maximum absolute atomic E-state index is 12.1. The first-order valence-corrected chi connectivity index (χ1v) is 7.31. The molecule has 2 aromatic carbocycles. The molecule has 23 heavy (non-hydrogen) atoms. The highest BCUT2D eigenvalue weighted by Gasteiger charge is 2.08. The summed E-state index contributed by atoms with van der Waals surface area (Å²) in [6.07, 6.45) is 1.04. The van der Waals surface area contributed by atoms with Crippen LogP contribution in [-0.2, 0) is 11.2 Å². The number of hydrogen-bond donors (Lipinski definition) is 1. The average molecular weight is 315 g/mol. The Balaban J connectivity index is 1.94.